The molecule has 0 aliphatic carbocycles. The van der Waals surface area contributed by atoms with E-state index in [2.05, 4.69) is 14.7 Å². The third-order valence-electron chi connectivity index (χ3n) is 5.37. The normalized spacial score (nSPS) is 11.9. The van der Waals surface area contributed by atoms with E-state index < -0.39 is 21.8 Å². The van der Waals surface area contributed by atoms with Gasteiger partial charge in [-0.25, -0.2) is 13.4 Å². The third kappa shape index (κ3) is 6.49. The number of nitrogens with one attached hydrogen (secondary N) is 1. The average Bonchev–Trinajstić information content (AvgIpc) is 2.91. The molecule has 0 amide bonds. The minimum absolute atomic E-state index is 0.0324. The van der Waals surface area contributed by atoms with Gasteiger partial charge in [0.2, 0.25) is 10.0 Å². The Labute approximate surface area is 218 Å². The summed E-state index contributed by atoms with van der Waals surface area (Å²) in [5, 5.41) is 0. The number of pyridine rings is 2. The van der Waals surface area contributed by atoms with E-state index in [1.165, 1.54) is 12.3 Å². The van der Waals surface area contributed by atoms with Crippen molar-refractivity contribution < 1.29 is 21.6 Å². The molecule has 4 rings (SSSR count). The van der Waals surface area contributed by atoms with Gasteiger partial charge in [-0.3, -0.25) is 14.9 Å². The van der Waals surface area contributed by atoms with Crippen molar-refractivity contribution >= 4 is 21.4 Å². The summed E-state index contributed by atoms with van der Waals surface area (Å²) < 4.78 is 69.1. The molecule has 11 heteroatoms. The minimum Gasteiger partial charge on any atom is -0.296 e. The first kappa shape index (κ1) is 27.1. The number of aromatic nitrogens is 2. The molecule has 0 unspecified atom stereocenters. The van der Waals surface area contributed by atoms with Crippen LogP contribution in [0.4, 0.5) is 18.9 Å². The Bertz CT molecular complexity index is 1500. The maximum Gasteiger partial charge on any atom is 0.417 e. The lowest BCUT2D eigenvalue weighted by molar-refractivity contribution is -0.137. The second-order valence-electron chi connectivity index (χ2n) is 8.58. The predicted molar refractivity (Wildman–Crippen MR) is 140 cm³/mol. The number of alkyl halides is 3. The van der Waals surface area contributed by atoms with Gasteiger partial charge < -0.3 is 0 Å². The molecule has 2 aromatic carbocycles. The standard InChI is InChI=1S/C27H24F3N5O2S/c1-35(2)18-33-38(36,37)24-14-23(17-32-26(24)21-13-22(16-31-15-21)27(28,29)30)34-25(19-9-5-3-6-10-19)20-11-7-4-8-12-20/h3-17,33H,18H2,1-2H3. The lowest BCUT2D eigenvalue weighted by Gasteiger charge is -2.15. The van der Waals surface area contributed by atoms with Crippen molar-refractivity contribution in [3.8, 4) is 11.3 Å². The topological polar surface area (TPSA) is 87.5 Å². The lowest BCUT2D eigenvalue weighted by atomic mass is 10.0. The van der Waals surface area contributed by atoms with Crippen LogP contribution in [0.15, 0.2) is 101 Å². The quantitative estimate of drug-likeness (QED) is 0.248. The van der Waals surface area contributed by atoms with Crippen LogP contribution in [-0.2, 0) is 16.2 Å². The first-order chi connectivity index (χ1) is 18.0. The van der Waals surface area contributed by atoms with E-state index >= 15 is 0 Å². The van der Waals surface area contributed by atoms with Gasteiger partial charge in [0, 0.05) is 29.1 Å². The summed E-state index contributed by atoms with van der Waals surface area (Å²) in [6, 6.07) is 20.8. The fourth-order valence-corrected chi connectivity index (χ4v) is 4.83. The van der Waals surface area contributed by atoms with Crippen LogP contribution in [0.5, 0.6) is 0 Å². The van der Waals surface area contributed by atoms with E-state index in [1.54, 1.807) is 19.0 Å². The molecule has 0 saturated heterocycles. The van der Waals surface area contributed by atoms with Gasteiger partial charge in [-0.1, -0.05) is 60.7 Å². The monoisotopic (exact) mass is 539 g/mol. The van der Waals surface area contributed by atoms with E-state index in [0.717, 1.165) is 23.4 Å². The van der Waals surface area contributed by atoms with E-state index in [1.807, 2.05) is 60.7 Å². The van der Waals surface area contributed by atoms with Gasteiger partial charge in [-0.2, -0.15) is 17.9 Å². The molecule has 2 heterocycles. The Morgan fingerprint density at radius 2 is 1.53 bits per heavy atom. The molecular weight excluding hydrogens is 515 g/mol. The number of benzene rings is 2. The Kier molecular flexibility index (Phi) is 8.00. The Morgan fingerprint density at radius 1 is 0.921 bits per heavy atom. The van der Waals surface area contributed by atoms with Crippen molar-refractivity contribution in [3.63, 3.8) is 0 Å². The number of rotatable bonds is 8. The fraction of sp³-hybridized carbons (Fsp3) is 0.148. The maximum absolute atomic E-state index is 13.3. The molecule has 0 radical (unpaired) electrons. The molecule has 0 bridgehead atoms. The molecule has 0 aliphatic rings. The summed E-state index contributed by atoms with van der Waals surface area (Å²) in [5.74, 6) is 0. The van der Waals surface area contributed by atoms with Gasteiger partial charge in [0.25, 0.3) is 0 Å². The van der Waals surface area contributed by atoms with Crippen LogP contribution >= 0.6 is 0 Å². The first-order valence-corrected chi connectivity index (χ1v) is 12.9. The van der Waals surface area contributed by atoms with Gasteiger partial charge in [0.05, 0.1) is 35.5 Å². The number of sulfonamides is 1. The van der Waals surface area contributed by atoms with Crippen molar-refractivity contribution in [2.24, 2.45) is 4.99 Å². The maximum atomic E-state index is 13.3. The number of aliphatic imine (C=N–C) groups is 1. The van der Waals surface area contributed by atoms with Crippen molar-refractivity contribution in [1.29, 1.82) is 0 Å². The van der Waals surface area contributed by atoms with Crippen molar-refractivity contribution in [2.75, 3.05) is 20.8 Å². The van der Waals surface area contributed by atoms with E-state index in [-0.39, 0.29) is 28.5 Å². The zero-order valence-corrected chi connectivity index (χ0v) is 21.3. The van der Waals surface area contributed by atoms with E-state index in [9.17, 15) is 21.6 Å². The summed E-state index contributed by atoms with van der Waals surface area (Å²) in [6.07, 6.45) is -1.51. The molecule has 0 spiro atoms. The van der Waals surface area contributed by atoms with Gasteiger partial charge >= 0.3 is 6.18 Å². The second-order valence-corrected chi connectivity index (χ2v) is 10.3. The third-order valence-corrected chi connectivity index (χ3v) is 6.77. The highest BCUT2D eigenvalue weighted by Gasteiger charge is 2.32. The molecule has 0 aliphatic heterocycles. The predicted octanol–water partition coefficient (Wildman–Crippen LogP) is 5.13. The van der Waals surface area contributed by atoms with E-state index in [0.29, 0.717) is 11.9 Å². The Morgan fingerprint density at radius 3 is 2.08 bits per heavy atom. The van der Waals surface area contributed by atoms with Crippen LogP contribution in [0.1, 0.15) is 16.7 Å². The largest absolute Gasteiger partial charge is 0.417 e. The zero-order chi connectivity index (χ0) is 27.3. The summed E-state index contributed by atoms with van der Waals surface area (Å²) >= 11 is 0. The Hall–Kier alpha value is -3.93. The van der Waals surface area contributed by atoms with Gasteiger partial charge in [0.1, 0.15) is 4.90 Å². The number of hydrogen-bond acceptors (Lipinski definition) is 6. The molecule has 0 fully saturated rings. The molecule has 4 aromatic rings. The number of nitrogens with zero attached hydrogens (tertiary/aromatic N) is 4. The SMILES string of the molecule is CN(C)CNS(=O)(=O)c1cc(N=C(c2ccccc2)c2ccccc2)cnc1-c1cncc(C(F)(F)F)c1. The second kappa shape index (κ2) is 11.2. The van der Waals surface area contributed by atoms with Gasteiger partial charge in [-0.15, -0.1) is 0 Å². The van der Waals surface area contributed by atoms with Crippen LogP contribution in [0.2, 0.25) is 0 Å². The van der Waals surface area contributed by atoms with Crippen LogP contribution in [0.3, 0.4) is 0 Å². The molecule has 0 saturated carbocycles. The minimum atomic E-state index is -4.66. The molecule has 0 atom stereocenters. The summed E-state index contributed by atoms with van der Waals surface area (Å²) in [5.41, 5.74) is 1.09. The molecule has 1 N–H and O–H groups in total. The highest BCUT2D eigenvalue weighted by molar-refractivity contribution is 7.89. The van der Waals surface area contributed by atoms with Crippen molar-refractivity contribution in [3.05, 3.63) is 108 Å². The summed E-state index contributed by atoms with van der Waals surface area (Å²) in [7, 11) is -0.859. The van der Waals surface area contributed by atoms with Crippen molar-refractivity contribution in [2.45, 2.75) is 11.1 Å². The highest BCUT2D eigenvalue weighted by Crippen LogP contribution is 2.34. The highest BCUT2D eigenvalue weighted by atomic mass is 32.2. The van der Waals surface area contributed by atoms with Gasteiger partial charge in [-0.05, 0) is 26.2 Å². The molecule has 38 heavy (non-hydrogen) atoms. The fourth-order valence-electron chi connectivity index (χ4n) is 3.55. The van der Waals surface area contributed by atoms with Crippen LogP contribution < -0.4 is 4.72 Å². The Balaban J connectivity index is 1.90. The van der Waals surface area contributed by atoms with Crippen LogP contribution in [0, 0.1) is 0 Å². The van der Waals surface area contributed by atoms with Crippen LogP contribution in [0.25, 0.3) is 11.3 Å². The number of halogens is 3. The first-order valence-electron chi connectivity index (χ1n) is 11.4. The average molecular weight is 540 g/mol. The number of hydrogen-bond donors (Lipinski definition) is 1. The van der Waals surface area contributed by atoms with Gasteiger partial charge in [0.15, 0.2) is 0 Å². The molecule has 7 nitrogen and oxygen atoms in total. The molecule has 2 aromatic heterocycles. The molecular formula is C27H24F3N5O2S. The molecule has 196 valence electrons. The van der Waals surface area contributed by atoms with Crippen LogP contribution in [-0.4, -0.2) is 49.8 Å². The summed E-state index contributed by atoms with van der Waals surface area (Å²) in [4.78, 5) is 13.9. The smallest absolute Gasteiger partial charge is 0.296 e. The van der Waals surface area contributed by atoms with Crippen molar-refractivity contribution in [1.82, 2.24) is 19.6 Å². The van der Waals surface area contributed by atoms with E-state index in [4.69, 9.17) is 4.99 Å². The zero-order valence-electron chi connectivity index (χ0n) is 20.5. The summed E-state index contributed by atoms with van der Waals surface area (Å²) in [6.45, 7) is -0.0324. The lowest BCUT2D eigenvalue weighted by Crippen LogP contribution is -2.33.